The van der Waals surface area contributed by atoms with Crippen molar-refractivity contribution in [1.82, 2.24) is 9.80 Å². The Kier molecular flexibility index (Phi) is 5.39. The van der Waals surface area contributed by atoms with E-state index in [4.69, 9.17) is 14.2 Å². The molecule has 0 bridgehead atoms. The molecule has 0 radical (unpaired) electrons. The molecule has 162 valence electrons. The number of ketones is 1. The molecule has 31 heavy (non-hydrogen) atoms. The third-order valence-corrected chi connectivity index (χ3v) is 6.64. The number of amides is 1. The lowest BCUT2D eigenvalue weighted by atomic mass is 9.95. The summed E-state index contributed by atoms with van der Waals surface area (Å²) in [6.07, 6.45) is 0. The molecule has 3 aliphatic rings. The van der Waals surface area contributed by atoms with Crippen molar-refractivity contribution in [2.75, 3.05) is 46.2 Å². The highest BCUT2D eigenvalue weighted by atomic mass is 32.1. The molecule has 1 atom stereocenters. The first-order chi connectivity index (χ1) is 15.1. The zero-order chi connectivity index (χ0) is 21.4. The van der Waals surface area contributed by atoms with Gasteiger partial charge in [0, 0.05) is 26.2 Å². The molecule has 0 saturated carbocycles. The summed E-state index contributed by atoms with van der Waals surface area (Å²) in [6, 6.07) is 8.14. The number of carbonyl (C=O) groups is 2. The maximum atomic E-state index is 13.3. The minimum absolute atomic E-state index is 0.105. The fourth-order valence-corrected chi connectivity index (χ4v) is 4.84. The number of carbonyl (C=O) groups excluding carboxylic acids is 2. The zero-order valence-electron chi connectivity index (χ0n) is 16.8. The number of aliphatic hydroxyl groups excluding tert-OH is 1. The molecule has 1 fully saturated rings. The highest BCUT2D eigenvalue weighted by Gasteiger charge is 2.44. The first kappa shape index (κ1) is 20.0. The SMILES string of the molecule is O=C(C1=C(O)C(=O)N(CCN2CCOCC2)[C@H]1c1ccc2c(c1)OCO2)c1cccs1. The third-order valence-electron chi connectivity index (χ3n) is 5.77. The Morgan fingerprint density at radius 1 is 1.13 bits per heavy atom. The maximum Gasteiger partial charge on any atom is 0.290 e. The average molecular weight is 442 g/mol. The molecule has 1 aromatic heterocycles. The Morgan fingerprint density at radius 2 is 1.94 bits per heavy atom. The van der Waals surface area contributed by atoms with Gasteiger partial charge >= 0.3 is 0 Å². The van der Waals surface area contributed by atoms with Gasteiger partial charge in [-0.25, -0.2) is 0 Å². The third kappa shape index (κ3) is 3.69. The van der Waals surface area contributed by atoms with Crippen LogP contribution in [0.15, 0.2) is 47.0 Å². The number of thiophene rings is 1. The largest absolute Gasteiger partial charge is 0.503 e. The summed E-state index contributed by atoms with van der Waals surface area (Å²) in [4.78, 5) is 30.6. The van der Waals surface area contributed by atoms with Crippen LogP contribution in [0.4, 0.5) is 0 Å². The van der Waals surface area contributed by atoms with Crippen LogP contribution in [0.25, 0.3) is 0 Å². The van der Waals surface area contributed by atoms with Crippen molar-refractivity contribution in [3.05, 3.63) is 57.5 Å². The number of aliphatic hydroxyl groups is 1. The molecule has 0 unspecified atom stereocenters. The van der Waals surface area contributed by atoms with Crippen LogP contribution in [-0.4, -0.2) is 72.8 Å². The van der Waals surface area contributed by atoms with Gasteiger partial charge in [0.05, 0.1) is 29.7 Å². The summed E-state index contributed by atoms with van der Waals surface area (Å²) in [5.74, 6) is -0.170. The van der Waals surface area contributed by atoms with Crippen LogP contribution in [0.2, 0.25) is 0 Å². The summed E-state index contributed by atoms with van der Waals surface area (Å²) in [5, 5.41) is 12.5. The van der Waals surface area contributed by atoms with Crippen molar-refractivity contribution in [2.24, 2.45) is 0 Å². The Hall–Kier alpha value is -2.88. The number of benzene rings is 1. The molecule has 9 heteroatoms. The normalized spacial score (nSPS) is 21.2. The minimum Gasteiger partial charge on any atom is -0.503 e. The second kappa shape index (κ2) is 8.33. The second-order valence-electron chi connectivity index (χ2n) is 7.54. The van der Waals surface area contributed by atoms with Gasteiger partial charge in [-0.15, -0.1) is 11.3 Å². The zero-order valence-corrected chi connectivity index (χ0v) is 17.6. The molecule has 5 rings (SSSR count). The fraction of sp³-hybridized carbons (Fsp3) is 0.364. The molecular formula is C22H22N2O6S. The van der Waals surface area contributed by atoms with E-state index in [0.29, 0.717) is 48.2 Å². The van der Waals surface area contributed by atoms with Gasteiger partial charge in [0.2, 0.25) is 12.6 Å². The van der Waals surface area contributed by atoms with Crippen LogP contribution < -0.4 is 9.47 Å². The quantitative estimate of drug-likeness (QED) is 0.687. The number of ether oxygens (including phenoxy) is 3. The number of hydrogen-bond donors (Lipinski definition) is 1. The smallest absolute Gasteiger partial charge is 0.290 e. The van der Waals surface area contributed by atoms with Gasteiger partial charge in [-0.1, -0.05) is 12.1 Å². The van der Waals surface area contributed by atoms with E-state index in [0.717, 1.165) is 13.1 Å². The molecule has 1 amide bonds. The summed E-state index contributed by atoms with van der Waals surface area (Å²) < 4.78 is 16.3. The van der Waals surface area contributed by atoms with Crippen LogP contribution in [-0.2, 0) is 9.53 Å². The van der Waals surface area contributed by atoms with E-state index >= 15 is 0 Å². The standard InChI is InChI=1S/C22H22N2O6S/c25-20(17-2-1-11-31-17)18-19(14-3-4-15-16(12-14)30-13-29-15)24(22(27)21(18)26)6-5-23-7-9-28-10-8-23/h1-4,11-12,19,26H,5-10,13H2/t19-/m0/s1. The fourth-order valence-electron chi connectivity index (χ4n) is 4.16. The molecule has 3 aliphatic heterocycles. The van der Waals surface area contributed by atoms with E-state index in [1.807, 2.05) is 6.07 Å². The lowest BCUT2D eigenvalue weighted by molar-refractivity contribution is -0.129. The van der Waals surface area contributed by atoms with Crippen molar-refractivity contribution in [1.29, 1.82) is 0 Å². The van der Waals surface area contributed by atoms with Gasteiger partial charge in [0.25, 0.3) is 5.91 Å². The average Bonchev–Trinajstić information content (AvgIpc) is 3.53. The van der Waals surface area contributed by atoms with E-state index in [1.54, 1.807) is 34.5 Å². The van der Waals surface area contributed by atoms with Crippen molar-refractivity contribution in [3.8, 4) is 11.5 Å². The van der Waals surface area contributed by atoms with Crippen LogP contribution in [0.5, 0.6) is 11.5 Å². The number of rotatable bonds is 6. The number of hydrogen-bond acceptors (Lipinski definition) is 8. The van der Waals surface area contributed by atoms with Crippen LogP contribution in [0.1, 0.15) is 21.3 Å². The molecule has 1 saturated heterocycles. The Labute approximate surface area is 183 Å². The van der Waals surface area contributed by atoms with Gasteiger partial charge in [0.1, 0.15) is 0 Å². The van der Waals surface area contributed by atoms with Crippen molar-refractivity contribution >= 4 is 23.0 Å². The predicted octanol–water partition coefficient (Wildman–Crippen LogP) is 2.39. The summed E-state index contributed by atoms with van der Waals surface area (Å²) >= 11 is 1.28. The molecule has 1 N–H and O–H groups in total. The highest BCUT2D eigenvalue weighted by Crippen LogP contribution is 2.42. The minimum atomic E-state index is -0.697. The van der Waals surface area contributed by atoms with Gasteiger partial charge in [0.15, 0.2) is 17.3 Å². The molecule has 0 spiro atoms. The van der Waals surface area contributed by atoms with E-state index in [1.165, 1.54) is 11.3 Å². The number of Topliss-reactive ketones (excluding diaryl/α,β-unsaturated/α-hetero) is 1. The second-order valence-corrected chi connectivity index (χ2v) is 8.48. The van der Waals surface area contributed by atoms with E-state index < -0.39 is 17.7 Å². The Morgan fingerprint density at radius 3 is 2.71 bits per heavy atom. The Balaban J connectivity index is 1.49. The van der Waals surface area contributed by atoms with Crippen molar-refractivity contribution in [2.45, 2.75) is 6.04 Å². The first-order valence-corrected chi connectivity index (χ1v) is 11.0. The van der Waals surface area contributed by atoms with E-state index in [-0.39, 0.29) is 18.1 Å². The van der Waals surface area contributed by atoms with Crippen LogP contribution in [0, 0.1) is 0 Å². The molecule has 4 heterocycles. The van der Waals surface area contributed by atoms with Crippen LogP contribution in [0.3, 0.4) is 0 Å². The summed E-state index contributed by atoms with van der Waals surface area (Å²) in [5.41, 5.74) is 0.803. The van der Waals surface area contributed by atoms with Gasteiger partial charge in [-0.05, 0) is 29.1 Å². The van der Waals surface area contributed by atoms with Crippen molar-refractivity contribution < 1.29 is 28.9 Å². The predicted molar refractivity (Wildman–Crippen MR) is 113 cm³/mol. The van der Waals surface area contributed by atoms with E-state index in [9.17, 15) is 14.7 Å². The maximum absolute atomic E-state index is 13.3. The Bertz CT molecular complexity index is 1030. The first-order valence-electron chi connectivity index (χ1n) is 10.2. The van der Waals surface area contributed by atoms with Crippen molar-refractivity contribution in [3.63, 3.8) is 0 Å². The van der Waals surface area contributed by atoms with Gasteiger partial charge in [-0.3, -0.25) is 14.5 Å². The number of nitrogens with zero attached hydrogens (tertiary/aromatic N) is 2. The summed E-state index contributed by atoms with van der Waals surface area (Å²) in [6.45, 7) is 4.03. The lowest BCUT2D eigenvalue weighted by Gasteiger charge is -2.31. The van der Waals surface area contributed by atoms with E-state index in [2.05, 4.69) is 4.90 Å². The molecule has 0 aliphatic carbocycles. The lowest BCUT2D eigenvalue weighted by Crippen LogP contribution is -2.43. The molecular weight excluding hydrogens is 420 g/mol. The molecule has 1 aromatic carbocycles. The highest BCUT2D eigenvalue weighted by molar-refractivity contribution is 7.12. The molecule has 2 aromatic rings. The number of morpholine rings is 1. The number of fused-ring (bicyclic) bond motifs is 1. The topological polar surface area (TPSA) is 88.5 Å². The molecule has 8 nitrogen and oxygen atoms in total. The van der Waals surface area contributed by atoms with Gasteiger partial charge < -0.3 is 24.2 Å². The van der Waals surface area contributed by atoms with Gasteiger partial charge in [-0.2, -0.15) is 0 Å². The summed E-state index contributed by atoms with van der Waals surface area (Å²) in [7, 11) is 0. The van der Waals surface area contributed by atoms with Crippen LogP contribution >= 0.6 is 11.3 Å². The monoisotopic (exact) mass is 442 g/mol.